The van der Waals surface area contributed by atoms with E-state index in [1.807, 2.05) is 33.8 Å². The molecule has 0 bridgehead atoms. The summed E-state index contributed by atoms with van der Waals surface area (Å²) in [5.41, 5.74) is 2.52. The number of likely N-dealkylation sites (N-methyl/N-ethyl adjacent to an activating group) is 1. The van der Waals surface area contributed by atoms with E-state index in [1.54, 1.807) is 24.8 Å². The summed E-state index contributed by atoms with van der Waals surface area (Å²) in [4.78, 5) is 31.8. The number of nitrogens with one attached hydrogen (secondary N) is 1. The van der Waals surface area contributed by atoms with Crippen LogP contribution in [0, 0.1) is 20.8 Å². The van der Waals surface area contributed by atoms with E-state index in [0.717, 1.165) is 11.3 Å². The predicted molar refractivity (Wildman–Crippen MR) is 109 cm³/mol. The topological polar surface area (TPSA) is 101 Å². The quantitative estimate of drug-likeness (QED) is 0.683. The van der Waals surface area contributed by atoms with Crippen LogP contribution in [0.25, 0.3) is 22.4 Å². The predicted octanol–water partition coefficient (Wildman–Crippen LogP) is 3.39. The van der Waals surface area contributed by atoms with Crippen molar-refractivity contribution in [2.75, 3.05) is 13.1 Å². The number of nitrogens with zero attached hydrogens (tertiary/aromatic N) is 3. The molecular formula is C21H26N4O4. The van der Waals surface area contributed by atoms with Crippen LogP contribution in [0.15, 0.2) is 21.1 Å². The summed E-state index contributed by atoms with van der Waals surface area (Å²) in [7, 11) is 0. The highest BCUT2D eigenvalue weighted by molar-refractivity contribution is 6.08. The first-order valence-electron chi connectivity index (χ1n) is 9.70. The molecule has 0 fully saturated rings. The minimum absolute atomic E-state index is 0.128. The van der Waals surface area contributed by atoms with Gasteiger partial charge in [0.2, 0.25) is 5.91 Å². The van der Waals surface area contributed by atoms with Crippen LogP contribution in [0.3, 0.4) is 0 Å². The molecule has 0 saturated heterocycles. The van der Waals surface area contributed by atoms with Gasteiger partial charge in [0.1, 0.15) is 17.6 Å². The number of hydrogen-bond acceptors (Lipinski definition) is 6. The van der Waals surface area contributed by atoms with Crippen LogP contribution < -0.4 is 5.32 Å². The van der Waals surface area contributed by atoms with E-state index in [9.17, 15) is 9.59 Å². The zero-order valence-electron chi connectivity index (χ0n) is 17.6. The minimum atomic E-state index is -0.660. The van der Waals surface area contributed by atoms with Crippen LogP contribution in [0.5, 0.6) is 0 Å². The molecule has 0 radical (unpaired) electrons. The molecule has 1 unspecified atom stereocenters. The fraction of sp³-hybridized carbons (Fsp3) is 0.429. The molecule has 3 aromatic rings. The van der Waals surface area contributed by atoms with Gasteiger partial charge in [-0.05, 0) is 53.7 Å². The molecule has 29 heavy (non-hydrogen) atoms. The van der Waals surface area contributed by atoms with Gasteiger partial charge in [-0.1, -0.05) is 5.16 Å². The van der Waals surface area contributed by atoms with E-state index in [4.69, 9.17) is 8.94 Å². The third kappa shape index (κ3) is 3.87. The third-order valence-corrected chi connectivity index (χ3v) is 4.97. The van der Waals surface area contributed by atoms with Crippen LogP contribution >= 0.6 is 0 Å². The molecule has 0 aliphatic rings. The summed E-state index contributed by atoms with van der Waals surface area (Å²) >= 11 is 0. The fourth-order valence-electron chi connectivity index (χ4n) is 3.44. The van der Waals surface area contributed by atoms with Gasteiger partial charge in [0, 0.05) is 18.7 Å². The van der Waals surface area contributed by atoms with Crippen molar-refractivity contribution in [2.24, 2.45) is 0 Å². The van der Waals surface area contributed by atoms with Gasteiger partial charge < -0.3 is 19.2 Å². The molecule has 3 heterocycles. The number of pyridine rings is 1. The maximum absolute atomic E-state index is 13.1. The number of hydrogen-bond donors (Lipinski definition) is 1. The average molecular weight is 398 g/mol. The molecule has 0 aliphatic carbocycles. The van der Waals surface area contributed by atoms with Crippen molar-refractivity contribution in [2.45, 2.75) is 47.6 Å². The summed E-state index contributed by atoms with van der Waals surface area (Å²) in [6.07, 6.45) is 0. The van der Waals surface area contributed by atoms with Gasteiger partial charge in [0.05, 0.1) is 22.3 Å². The number of aromatic nitrogens is 2. The van der Waals surface area contributed by atoms with E-state index in [1.165, 1.54) is 0 Å². The maximum atomic E-state index is 13.1. The van der Waals surface area contributed by atoms with Crippen molar-refractivity contribution < 1.29 is 18.5 Å². The summed E-state index contributed by atoms with van der Waals surface area (Å²) in [5, 5.41) is 7.29. The molecule has 8 nitrogen and oxygen atoms in total. The molecule has 8 heteroatoms. The molecule has 3 rings (SSSR count). The van der Waals surface area contributed by atoms with Crippen LogP contribution in [-0.2, 0) is 4.79 Å². The Hall–Kier alpha value is -3.16. The van der Waals surface area contributed by atoms with E-state index in [2.05, 4.69) is 15.5 Å². The SMILES string of the molecule is CCN(CC)C(=O)C(C)NC(=O)c1cc(-c2cc(C)oc2C)nc2onc(C)c12. The lowest BCUT2D eigenvalue weighted by Gasteiger charge is -2.23. The van der Waals surface area contributed by atoms with Gasteiger partial charge in [-0.15, -0.1) is 0 Å². The van der Waals surface area contributed by atoms with Crippen molar-refractivity contribution in [3.63, 3.8) is 0 Å². The highest BCUT2D eigenvalue weighted by Crippen LogP contribution is 2.30. The second-order valence-corrected chi connectivity index (χ2v) is 7.04. The zero-order valence-corrected chi connectivity index (χ0v) is 17.6. The normalized spacial score (nSPS) is 12.2. The Morgan fingerprint density at radius 1 is 1.17 bits per heavy atom. The molecule has 2 amide bonds. The molecule has 0 saturated carbocycles. The molecule has 1 N–H and O–H groups in total. The lowest BCUT2D eigenvalue weighted by molar-refractivity contribution is -0.132. The Balaban J connectivity index is 2.01. The van der Waals surface area contributed by atoms with E-state index >= 15 is 0 Å². The molecule has 0 aromatic carbocycles. The molecule has 0 spiro atoms. The van der Waals surface area contributed by atoms with Gasteiger partial charge in [0.15, 0.2) is 0 Å². The Kier molecular flexibility index (Phi) is 5.72. The molecule has 0 aliphatic heterocycles. The monoisotopic (exact) mass is 398 g/mol. The first-order valence-corrected chi connectivity index (χ1v) is 9.70. The Morgan fingerprint density at radius 2 is 1.86 bits per heavy atom. The molecule has 1 atom stereocenters. The number of rotatable bonds is 6. The van der Waals surface area contributed by atoms with Crippen LogP contribution in [-0.4, -0.2) is 46.0 Å². The summed E-state index contributed by atoms with van der Waals surface area (Å²) in [6.45, 7) is 12.1. The zero-order chi connectivity index (χ0) is 21.3. The number of aryl methyl sites for hydroxylation is 3. The molecule has 154 valence electrons. The Morgan fingerprint density at radius 3 is 2.45 bits per heavy atom. The van der Waals surface area contributed by atoms with Crippen molar-refractivity contribution in [3.8, 4) is 11.3 Å². The number of furan rings is 1. The summed E-state index contributed by atoms with van der Waals surface area (Å²) in [6, 6.07) is 2.89. The van der Waals surface area contributed by atoms with Crippen LogP contribution in [0.4, 0.5) is 0 Å². The standard InChI is InChI=1S/C21H26N4O4/c1-7-25(8-2)21(27)13(5)22-19(26)16-10-17(15-9-11(3)28-14(15)6)23-20-18(16)12(4)24-29-20/h9-10,13H,7-8H2,1-6H3,(H,22,26). The lowest BCUT2D eigenvalue weighted by Crippen LogP contribution is -2.46. The Labute approximate surface area is 169 Å². The smallest absolute Gasteiger partial charge is 0.259 e. The summed E-state index contributed by atoms with van der Waals surface area (Å²) in [5.74, 6) is 0.938. The highest BCUT2D eigenvalue weighted by Gasteiger charge is 2.25. The Bertz CT molecular complexity index is 1060. The summed E-state index contributed by atoms with van der Waals surface area (Å²) < 4.78 is 10.9. The largest absolute Gasteiger partial charge is 0.466 e. The van der Waals surface area contributed by atoms with Crippen LogP contribution in [0.1, 0.15) is 48.3 Å². The maximum Gasteiger partial charge on any atom is 0.259 e. The number of fused-ring (bicyclic) bond motifs is 1. The number of amides is 2. The van der Waals surface area contributed by atoms with E-state index in [0.29, 0.717) is 41.2 Å². The van der Waals surface area contributed by atoms with Crippen molar-refractivity contribution in [1.29, 1.82) is 0 Å². The molecule has 3 aromatic heterocycles. The van der Waals surface area contributed by atoms with Crippen molar-refractivity contribution in [1.82, 2.24) is 20.4 Å². The lowest BCUT2D eigenvalue weighted by atomic mass is 10.0. The number of carbonyl (C=O) groups excluding carboxylic acids is 2. The average Bonchev–Trinajstić information content (AvgIpc) is 3.23. The van der Waals surface area contributed by atoms with Crippen molar-refractivity contribution >= 4 is 22.9 Å². The van der Waals surface area contributed by atoms with Gasteiger partial charge in [0.25, 0.3) is 11.6 Å². The van der Waals surface area contributed by atoms with Crippen molar-refractivity contribution in [3.05, 3.63) is 34.9 Å². The first kappa shape index (κ1) is 20.6. The third-order valence-electron chi connectivity index (χ3n) is 4.97. The fourth-order valence-corrected chi connectivity index (χ4v) is 3.44. The van der Waals surface area contributed by atoms with E-state index in [-0.39, 0.29) is 17.5 Å². The second kappa shape index (κ2) is 8.06. The van der Waals surface area contributed by atoms with Gasteiger partial charge in [-0.25, -0.2) is 4.98 Å². The second-order valence-electron chi connectivity index (χ2n) is 7.04. The van der Waals surface area contributed by atoms with Gasteiger partial charge in [-0.2, -0.15) is 0 Å². The van der Waals surface area contributed by atoms with E-state index < -0.39 is 6.04 Å². The number of carbonyl (C=O) groups is 2. The first-order chi connectivity index (χ1) is 13.8. The van der Waals surface area contributed by atoms with Gasteiger partial charge >= 0.3 is 0 Å². The molecular weight excluding hydrogens is 372 g/mol. The van der Waals surface area contributed by atoms with Gasteiger partial charge in [-0.3, -0.25) is 9.59 Å². The highest BCUT2D eigenvalue weighted by atomic mass is 16.5. The minimum Gasteiger partial charge on any atom is -0.466 e. The van der Waals surface area contributed by atoms with Crippen LogP contribution in [0.2, 0.25) is 0 Å².